The van der Waals surface area contributed by atoms with Gasteiger partial charge in [-0.1, -0.05) is 12.1 Å². The van der Waals surface area contributed by atoms with Crippen molar-refractivity contribution in [2.24, 2.45) is 0 Å². The Morgan fingerprint density at radius 1 is 0.882 bits per heavy atom. The maximum Gasteiger partial charge on any atom is 0.282 e. The highest BCUT2D eigenvalue weighted by Gasteiger charge is 2.40. The van der Waals surface area contributed by atoms with Crippen LogP contribution in [0.15, 0.2) is 72.4 Å². The lowest BCUT2D eigenvalue weighted by molar-refractivity contribution is -0.384. The average molecular weight is 459 g/mol. The lowest BCUT2D eigenvalue weighted by atomic mass is 10.0. The van der Waals surface area contributed by atoms with Gasteiger partial charge < -0.3 is 14.8 Å². The normalized spacial score (nSPS) is 13.3. The molecular weight excluding hydrogens is 438 g/mol. The second-order valence-corrected chi connectivity index (χ2v) is 7.53. The summed E-state index contributed by atoms with van der Waals surface area (Å²) < 4.78 is 10.6. The van der Waals surface area contributed by atoms with Crippen molar-refractivity contribution in [2.75, 3.05) is 24.4 Å². The first-order valence-electron chi connectivity index (χ1n) is 10.3. The highest BCUT2D eigenvalue weighted by molar-refractivity contribution is 6.46. The number of amides is 2. The molecule has 0 fully saturated rings. The third kappa shape index (κ3) is 4.06. The van der Waals surface area contributed by atoms with E-state index in [9.17, 15) is 19.7 Å². The number of nitro benzene ring substituents is 1. The van der Waals surface area contributed by atoms with Gasteiger partial charge >= 0.3 is 0 Å². The molecule has 3 aromatic rings. The van der Waals surface area contributed by atoms with Gasteiger partial charge in [-0.2, -0.15) is 0 Å². The number of rotatable bonds is 7. The van der Waals surface area contributed by atoms with Crippen molar-refractivity contribution >= 4 is 34.4 Å². The highest BCUT2D eigenvalue weighted by atomic mass is 16.6. The number of non-ortho nitro benzene ring substituents is 1. The van der Waals surface area contributed by atoms with Gasteiger partial charge in [-0.15, -0.1) is 0 Å². The van der Waals surface area contributed by atoms with E-state index in [0.29, 0.717) is 28.4 Å². The van der Waals surface area contributed by atoms with E-state index in [1.54, 1.807) is 36.4 Å². The molecule has 172 valence electrons. The lowest BCUT2D eigenvalue weighted by Gasteiger charge is -2.16. The summed E-state index contributed by atoms with van der Waals surface area (Å²) in [5, 5.41) is 14.1. The molecule has 0 spiro atoms. The molecule has 9 heteroatoms. The zero-order chi connectivity index (χ0) is 24.4. The van der Waals surface area contributed by atoms with Gasteiger partial charge in [0.2, 0.25) is 0 Å². The van der Waals surface area contributed by atoms with Gasteiger partial charge in [-0.25, -0.2) is 4.90 Å². The summed E-state index contributed by atoms with van der Waals surface area (Å²) in [5.41, 5.74) is 2.23. The van der Waals surface area contributed by atoms with E-state index in [1.165, 1.54) is 38.5 Å². The molecular formula is C25H21N3O6. The van der Waals surface area contributed by atoms with Crippen molar-refractivity contribution < 1.29 is 24.0 Å². The van der Waals surface area contributed by atoms with E-state index in [0.717, 1.165) is 10.5 Å². The fourth-order valence-electron chi connectivity index (χ4n) is 3.72. The molecule has 3 aromatic carbocycles. The van der Waals surface area contributed by atoms with E-state index in [1.807, 2.05) is 13.0 Å². The number of methoxy groups -OCH3 is 2. The third-order valence-electron chi connectivity index (χ3n) is 5.36. The molecule has 0 aliphatic carbocycles. The van der Waals surface area contributed by atoms with Crippen LogP contribution in [0.1, 0.15) is 11.1 Å². The summed E-state index contributed by atoms with van der Waals surface area (Å²) in [4.78, 5) is 38.6. The molecule has 1 aliphatic rings. The molecule has 4 rings (SSSR count). The highest BCUT2D eigenvalue weighted by Crippen LogP contribution is 2.36. The fraction of sp³-hybridized carbons (Fsp3) is 0.120. The van der Waals surface area contributed by atoms with Gasteiger partial charge in [0.05, 0.1) is 30.4 Å². The predicted molar refractivity (Wildman–Crippen MR) is 127 cm³/mol. The number of anilines is 2. The first-order chi connectivity index (χ1) is 16.3. The molecule has 1 heterocycles. The molecule has 0 radical (unpaired) electrons. The topological polar surface area (TPSA) is 111 Å². The molecule has 2 amide bonds. The van der Waals surface area contributed by atoms with Crippen LogP contribution >= 0.6 is 0 Å². The molecule has 1 N–H and O–H groups in total. The number of imide groups is 1. The number of nitrogens with zero attached hydrogens (tertiary/aromatic N) is 2. The Hall–Kier alpha value is -4.66. The van der Waals surface area contributed by atoms with Crippen LogP contribution in [0.5, 0.6) is 11.5 Å². The number of benzene rings is 3. The van der Waals surface area contributed by atoms with Crippen LogP contribution in [0.3, 0.4) is 0 Å². The predicted octanol–water partition coefficient (Wildman–Crippen LogP) is 4.32. The van der Waals surface area contributed by atoms with Crippen molar-refractivity contribution in [3.8, 4) is 11.5 Å². The molecule has 34 heavy (non-hydrogen) atoms. The Morgan fingerprint density at radius 2 is 1.59 bits per heavy atom. The van der Waals surface area contributed by atoms with Crippen LogP contribution in [0.25, 0.3) is 5.57 Å². The largest absolute Gasteiger partial charge is 0.493 e. The zero-order valence-electron chi connectivity index (χ0n) is 18.7. The van der Waals surface area contributed by atoms with Crippen molar-refractivity contribution in [3.05, 3.63) is 93.7 Å². The van der Waals surface area contributed by atoms with E-state index in [4.69, 9.17) is 9.47 Å². The number of hydrogen-bond donors (Lipinski definition) is 1. The minimum atomic E-state index is -0.543. The molecule has 0 saturated carbocycles. The van der Waals surface area contributed by atoms with Crippen LogP contribution in [-0.2, 0) is 9.59 Å². The number of hydrogen-bond acceptors (Lipinski definition) is 7. The van der Waals surface area contributed by atoms with Gasteiger partial charge in [0, 0.05) is 23.9 Å². The fourth-order valence-corrected chi connectivity index (χ4v) is 3.72. The second-order valence-electron chi connectivity index (χ2n) is 7.53. The Morgan fingerprint density at radius 3 is 2.21 bits per heavy atom. The van der Waals surface area contributed by atoms with Crippen molar-refractivity contribution in [3.63, 3.8) is 0 Å². The standard InChI is InChI=1S/C25H21N3O6/c1-15-5-4-6-19(13-15)27-24(29)22(16-7-10-18(11-8-16)28(31)32)23(25(27)30)26-17-9-12-20(33-2)21(14-17)34-3/h4-14,26H,1-3H3. The van der Waals surface area contributed by atoms with E-state index in [2.05, 4.69) is 5.32 Å². The first-order valence-corrected chi connectivity index (χ1v) is 10.3. The molecule has 0 aromatic heterocycles. The summed E-state index contributed by atoms with van der Waals surface area (Å²) >= 11 is 0. The van der Waals surface area contributed by atoms with Crippen molar-refractivity contribution in [1.29, 1.82) is 0 Å². The van der Waals surface area contributed by atoms with E-state index >= 15 is 0 Å². The SMILES string of the molecule is COc1ccc(NC2=C(c3ccc([N+](=O)[O-])cc3)C(=O)N(c3cccc(C)c3)C2=O)cc1OC. The quantitative estimate of drug-likeness (QED) is 0.318. The lowest BCUT2D eigenvalue weighted by Crippen LogP contribution is -2.32. The molecule has 1 aliphatic heterocycles. The maximum atomic E-state index is 13.5. The van der Waals surface area contributed by atoms with Crippen LogP contribution in [-0.4, -0.2) is 31.0 Å². The number of nitrogens with one attached hydrogen (secondary N) is 1. The van der Waals surface area contributed by atoms with Gasteiger partial charge in [0.15, 0.2) is 11.5 Å². The average Bonchev–Trinajstić information content (AvgIpc) is 3.08. The van der Waals surface area contributed by atoms with Crippen LogP contribution in [0.2, 0.25) is 0 Å². The monoisotopic (exact) mass is 459 g/mol. The number of aryl methyl sites for hydroxylation is 1. The number of nitro groups is 1. The molecule has 9 nitrogen and oxygen atoms in total. The number of ether oxygens (including phenoxy) is 2. The zero-order valence-corrected chi connectivity index (χ0v) is 18.7. The first kappa shape index (κ1) is 22.5. The number of carbonyl (C=O) groups excluding carboxylic acids is 2. The van der Waals surface area contributed by atoms with Crippen LogP contribution in [0.4, 0.5) is 17.1 Å². The van der Waals surface area contributed by atoms with E-state index in [-0.39, 0.29) is 17.0 Å². The summed E-state index contributed by atoms with van der Waals surface area (Å²) in [7, 11) is 3.01. The molecule has 0 bridgehead atoms. The van der Waals surface area contributed by atoms with Crippen LogP contribution in [0, 0.1) is 17.0 Å². The van der Waals surface area contributed by atoms with Crippen LogP contribution < -0.4 is 19.7 Å². The Bertz CT molecular complexity index is 1330. The summed E-state index contributed by atoms with van der Waals surface area (Å²) in [5.74, 6) is -0.128. The molecule has 0 atom stereocenters. The number of carbonyl (C=O) groups is 2. The second kappa shape index (κ2) is 9.07. The third-order valence-corrected chi connectivity index (χ3v) is 5.36. The Balaban J connectivity index is 1.82. The minimum Gasteiger partial charge on any atom is -0.493 e. The Kier molecular flexibility index (Phi) is 6.01. The summed E-state index contributed by atoms with van der Waals surface area (Å²) in [6, 6.07) is 17.5. The summed E-state index contributed by atoms with van der Waals surface area (Å²) in [6.45, 7) is 1.86. The minimum absolute atomic E-state index is 0.0487. The van der Waals surface area contributed by atoms with Gasteiger partial charge in [-0.05, 0) is 54.4 Å². The van der Waals surface area contributed by atoms with Crippen molar-refractivity contribution in [2.45, 2.75) is 6.92 Å². The van der Waals surface area contributed by atoms with Crippen molar-refractivity contribution in [1.82, 2.24) is 0 Å². The maximum absolute atomic E-state index is 13.5. The summed E-state index contributed by atoms with van der Waals surface area (Å²) in [6.07, 6.45) is 0. The molecule has 0 unspecified atom stereocenters. The smallest absolute Gasteiger partial charge is 0.282 e. The molecule has 0 saturated heterocycles. The van der Waals surface area contributed by atoms with Gasteiger partial charge in [0.25, 0.3) is 17.5 Å². The van der Waals surface area contributed by atoms with Gasteiger partial charge in [0.1, 0.15) is 5.70 Å². The van der Waals surface area contributed by atoms with E-state index < -0.39 is 16.7 Å². The van der Waals surface area contributed by atoms with Gasteiger partial charge in [-0.3, -0.25) is 19.7 Å². The Labute approximate surface area is 195 Å².